The monoisotopic (exact) mass is 323 g/mol. The summed E-state index contributed by atoms with van der Waals surface area (Å²) in [7, 11) is -3.63. The van der Waals surface area contributed by atoms with E-state index < -0.39 is 10.0 Å². The summed E-state index contributed by atoms with van der Waals surface area (Å²) >= 11 is 0. The van der Waals surface area contributed by atoms with E-state index in [-0.39, 0.29) is 42.4 Å². The molecule has 1 aliphatic rings. The van der Waals surface area contributed by atoms with Gasteiger partial charge in [0.25, 0.3) is 5.89 Å². The lowest BCUT2D eigenvalue weighted by Gasteiger charge is -2.10. The second kappa shape index (κ2) is 5.46. The molecular weight excluding hydrogens is 310 g/mol. The first kappa shape index (κ1) is 14.6. The second-order valence-electron chi connectivity index (χ2n) is 5.04. The second-order valence-corrected chi connectivity index (χ2v) is 6.69. The number of carbonyl (C=O) groups excluding carboxylic acids is 1. The summed E-state index contributed by atoms with van der Waals surface area (Å²) in [5.74, 6) is -0.657. The van der Waals surface area contributed by atoms with E-state index in [1.54, 1.807) is 24.5 Å². The third-order valence-corrected chi connectivity index (χ3v) is 4.16. The lowest BCUT2D eigenvalue weighted by atomic mass is 10.1. The molecule has 1 aliphatic heterocycles. The minimum absolute atomic E-state index is 0.0424. The molecular formula is C12H13N5O4S. The van der Waals surface area contributed by atoms with Gasteiger partial charge in [-0.1, -0.05) is 5.10 Å². The van der Waals surface area contributed by atoms with Crippen LogP contribution in [0, 0.1) is 5.92 Å². The van der Waals surface area contributed by atoms with Gasteiger partial charge in [0.2, 0.25) is 15.9 Å². The molecule has 1 atom stereocenters. The van der Waals surface area contributed by atoms with E-state index in [0.717, 1.165) is 0 Å². The number of anilines is 1. The largest absolute Gasteiger partial charge is 0.403 e. The summed E-state index contributed by atoms with van der Waals surface area (Å²) in [6.45, 7) is 0.184. The average Bonchev–Trinajstić information content (AvgIpc) is 3.05. The Morgan fingerprint density at radius 2 is 2.23 bits per heavy atom. The molecule has 3 rings (SSSR count). The number of hydrogen-bond acceptors (Lipinski definition) is 7. The minimum Gasteiger partial charge on any atom is -0.403 e. The normalized spacial score (nSPS) is 18.9. The van der Waals surface area contributed by atoms with Crippen molar-refractivity contribution in [1.29, 1.82) is 0 Å². The van der Waals surface area contributed by atoms with Crippen molar-refractivity contribution < 1.29 is 17.6 Å². The summed E-state index contributed by atoms with van der Waals surface area (Å²) in [5, 5.41) is 12.7. The molecule has 116 valence electrons. The summed E-state index contributed by atoms with van der Waals surface area (Å²) < 4.78 is 27.7. The molecule has 0 aromatic carbocycles. The molecule has 0 spiro atoms. The number of aromatic nitrogens is 3. The Bertz CT molecular complexity index is 789. The van der Waals surface area contributed by atoms with Crippen molar-refractivity contribution in [1.82, 2.24) is 15.2 Å². The van der Waals surface area contributed by atoms with Gasteiger partial charge in [-0.25, -0.2) is 13.6 Å². The van der Waals surface area contributed by atoms with Crippen LogP contribution in [0.2, 0.25) is 0 Å². The van der Waals surface area contributed by atoms with Gasteiger partial charge in [-0.3, -0.25) is 14.7 Å². The molecule has 0 bridgehead atoms. The predicted octanol–water partition coefficient (Wildman–Crippen LogP) is -0.227. The van der Waals surface area contributed by atoms with Gasteiger partial charge in [0, 0.05) is 31.3 Å². The highest BCUT2D eigenvalue weighted by atomic mass is 32.2. The van der Waals surface area contributed by atoms with Crippen LogP contribution in [-0.2, 0) is 14.8 Å². The highest BCUT2D eigenvalue weighted by molar-refractivity contribution is 7.89. The van der Waals surface area contributed by atoms with Gasteiger partial charge in [-0.15, -0.1) is 5.10 Å². The zero-order valence-electron chi connectivity index (χ0n) is 11.4. The number of rotatable bonds is 4. The van der Waals surface area contributed by atoms with Crippen LogP contribution in [0.15, 0.2) is 28.9 Å². The summed E-state index contributed by atoms with van der Waals surface area (Å²) in [6, 6.07) is 3.52. The van der Waals surface area contributed by atoms with E-state index >= 15 is 0 Å². The molecule has 0 aliphatic carbocycles. The topological polar surface area (TPSA) is 132 Å². The lowest BCUT2D eigenvalue weighted by Crippen LogP contribution is -2.27. The number of nitrogens with two attached hydrogens (primary N) is 1. The van der Waals surface area contributed by atoms with Crippen molar-refractivity contribution in [3.8, 4) is 11.5 Å². The third kappa shape index (κ3) is 3.12. The molecule has 1 amide bonds. The first-order valence-corrected chi connectivity index (χ1v) is 8.18. The van der Waals surface area contributed by atoms with E-state index in [4.69, 9.17) is 9.56 Å². The molecule has 1 saturated heterocycles. The minimum atomic E-state index is -3.63. The molecule has 2 aromatic rings. The highest BCUT2D eigenvalue weighted by Gasteiger charge is 2.35. The number of pyridine rings is 1. The van der Waals surface area contributed by atoms with Gasteiger partial charge in [0.15, 0.2) is 0 Å². The Morgan fingerprint density at radius 3 is 2.91 bits per heavy atom. The van der Waals surface area contributed by atoms with E-state index in [1.807, 2.05) is 0 Å². The molecule has 2 aromatic heterocycles. The zero-order chi connectivity index (χ0) is 15.7. The highest BCUT2D eigenvalue weighted by Crippen LogP contribution is 2.27. The summed E-state index contributed by atoms with van der Waals surface area (Å²) in [6.07, 6.45) is 3.26. The fourth-order valence-electron chi connectivity index (χ4n) is 2.34. The lowest BCUT2D eigenvalue weighted by molar-refractivity contribution is -0.117. The van der Waals surface area contributed by atoms with Crippen LogP contribution in [0.1, 0.15) is 6.42 Å². The number of amides is 1. The van der Waals surface area contributed by atoms with Crippen molar-refractivity contribution in [2.24, 2.45) is 11.1 Å². The fourth-order valence-corrected chi connectivity index (χ4v) is 3.22. The van der Waals surface area contributed by atoms with E-state index in [2.05, 4.69) is 15.2 Å². The van der Waals surface area contributed by atoms with Crippen LogP contribution in [0.4, 0.5) is 6.01 Å². The molecule has 10 heteroatoms. The molecule has 22 heavy (non-hydrogen) atoms. The Labute approximate surface area is 126 Å². The van der Waals surface area contributed by atoms with E-state index in [9.17, 15) is 13.2 Å². The first-order chi connectivity index (χ1) is 10.4. The maximum Gasteiger partial charge on any atom is 0.325 e. The quantitative estimate of drug-likeness (QED) is 0.822. The van der Waals surface area contributed by atoms with Crippen LogP contribution < -0.4 is 10.0 Å². The van der Waals surface area contributed by atoms with Crippen LogP contribution >= 0.6 is 0 Å². The SMILES string of the molecule is NS(=O)(=O)CC1CC(=O)N(c2nnc(-c3cccnc3)o2)C1. The van der Waals surface area contributed by atoms with Crippen LogP contribution in [0.3, 0.4) is 0 Å². The molecule has 0 saturated carbocycles. The molecule has 3 heterocycles. The molecule has 1 fully saturated rings. The van der Waals surface area contributed by atoms with Gasteiger partial charge in [0.1, 0.15) is 0 Å². The number of primary sulfonamides is 1. The van der Waals surface area contributed by atoms with Crippen molar-refractivity contribution in [3.63, 3.8) is 0 Å². The maximum absolute atomic E-state index is 12.0. The van der Waals surface area contributed by atoms with E-state index in [1.165, 1.54) is 4.90 Å². The Balaban J connectivity index is 1.78. The smallest absolute Gasteiger partial charge is 0.325 e. The van der Waals surface area contributed by atoms with Crippen molar-refractivity contribution in [2.45, 2.75) is 6.42 Å². The molecule has 0 radical (unpaired) electrons. The van der Waals surface area contributed by atoms with Gasteiger partial charge in [-0.05, 0) is 12.1 Å². The average molecular weight is 323 g/mol. The Kier molecular flexibility index (Phi) is 3.62. The molecule has 9 nitrogen and oxygen atoms in total. The van der Waals surface area contributed by atoms with E-state index in [0.29, 0.717) is 5.56 Å². The summed E-state index contributed by atoms with van der Waals surface area (Å²) in [5.41, 5.74) is 0.633. The number of hydrogen-bond donors (Lipinski definition) is 1. The van der Waals surface area contributed by atoms with Crippen molar-refractivity contribution in [2.75, 3.05) is 17.2 Å². The number of carbonyl (C=O) groups is 1. The maximum atomic E-state index is 12.0. The fraction of sp³-hybridized carbons (Fsp3) is 0.333. The van der Waals surface area contributed by atoms with Gasteiger partial charge >= 0.3 is 6.01 Å². The van der Waals surface area contributed by atoms with Crippen LogP contribution in [0.25, 0.3) is 11.5 Å². The summed E-state index contributed by atoms with van der Waals surface area (Å²) in [4.78, 5) is 17.2. The van der Waals surface area contributed by atoms with Crippen LogP contribution in [-0.4, -0.2) is 41.8 Å². The van der Waals surface area contributed by atoms with Crippen LogP contribution in [0.5, 0.6) is 0 Å². The van der Waals surface area contributed by atoms with Crippen molar-refractivity contribution >= 4 is 21.9 Å². The first-order valence-electron chi connectivity index (χ1n) is 6.47. The third-order valence-electron chi connectivity index (χ3n) is 3.23. The van der Waals surface area contributed by atoms with Gasteiger partial charge < -0.3 is 4.42 Å². The number of sulfonamides is 1. The van der Waals surface area contributed by atoms with Gasteiger partial charge in [0.05, 0.1) is 11.3 Å². The predicted molar refractivity (Wildman–Crippen MR) is 76.0 cm³/mol. The number of nitrogens with zero attached hydrogens (tertiary/aromatic N) is 4. The van der Waals surface area contributed by atoms with Crippen molar-refractivity contribution in [3.05, 3.63) is 24.5 Å². The molecule has 1 unspecified atom stereocenters. The standard InChI is InChI=1S/C12H13N5O4S/c13-22(19,20)7-8-4-10(18)17(6-8)12-16-15-11(21-12)9-2-1-3-14-5-9/h1-3,5,8H,4,6-7H2,(H2,13,19,20). The molecule has 2 N–H and O–H groups in total. The van der Waals surface area contributed by atoms with Gasteiger partial charge in [-0.2, -0.15) is 0 Å². The Morgan fingerprint density at radius 1 is 1.41 bits per heavy atom. The zero-order valence-corrected chi connectivity index (χ0v) is 12.2. The Hall–Kier alpha value is -2.33.